The first-order valence-corrected chi connectivity index (χ1v) is 47.0. The van der Waals surface area contributed by atoms with Gasteiger partial charge in [-0.15, -0.1) is 53.1 Å². The van der Waals surface area contributed by atoms with Crippen LogP contribution in [0.2, 0.25) is 0 Å². The van der Waals surface area contributed by atoms with Crippen LogP contribution >= 0.6 is 0 Å². The second kappa shape index (κ2) is 42.9. The average Bonchev–Trinajstić information content (AvgIpc) is 1.55. The van der Waals surface area contributed by atoms with Crippen molar-refractivity contribution >= 4 is 75.5 Å². The maximum absolute atomic E-state index is 6.69. The van der Waals surface area contributed by atoms with Crippen LogP contribution in [0.5, 0.6) is 0 Å². The Labute approximate surface area is 803 Å². The first-order chi connectivity index (χ1) is 61.6. The number of pyridine rings is 6. The Morgan fingerprint density at radius 2 is 0.674 bits per heavy atom. The van der Waals surface area contributed by atoms with Gasteiger partial charge in [-0.2, -0.15) is 0 Å². The van der Waals surface area contributed by atoms with Crippen LogP contribution < -0.4 is 62.2 Å². The van der Waals surface area contributed by atoms with Crippen molar-refractivity contribution in [1.82, 2.24) is 60.5 Å². The Hall–Kier alpha value is -12.7. The van der Waals surface area contributed by atoms with E-state index < -0.39 is 16.1 Å². The maximum atomic E-state index is 6.69. The van der Waals surface area contributed by atoms with Crippen molar-refractivity contribution in [2.75, 3.05) is 4.90 Å². The molecule has 642 valence electrons. The van der Waals surface area contributed by atoms with Gasteiger partial charge in [0.2, 0.25) is 16.1 Å². The van der Waals surface area contributed by atoms with Crippen molar-refractivity contribution in [3.8, 4) is 63.1 Å². The monoisotopic (exact) mass is 2250 g/mol. The Kier molecular flexibility index (Phi) is 31.2. The number of hydrogen-bond acceptors (Lipinski definition) is 10. The number of benzene rings is 8. The predicted molar refractivity (Wildman–Crippen MR) is 513 cm³/mol. The van der Waals surface area contributed by atoms with E-state index in [4.69, 9.17) is 54.4 Å². The van der Waals surface area contributed by atoms with E-state index in [1.807, 2.05) is 170 Å². The van der Waals surface area contributed by atoms with Crippen molar-refractivity contribution < 1.29 is 63.2 Å². The van der Waals surface area contributed by atoms with Crippen LogP contribution in [0.25, 0.3) is 45.3 Å². The maximum Gasteiger partial charge on any atom is 2.00 e. The molecule has 17 aromatic rings. The van der Waals surface area contributed by atoms with Crippen molar-refractivity contribution in [1.29, 1.82) is 0 Å². The molecule has 8 aromatic carbocycles. The van der Waals surface area contributed by atoms with E-state index in [9.17, 15) is 0 Å². The molecule has 0 saturated heterocycles. The van der Waals surface area contributed by atoms with E-state index >= 15 is 0 Å². The molecule has 4 aliphatic rings. The van der Waals surface area contributed by atoms with Gasteiger partial charge in [0.05, 0.1) is 5.69 Å². The van der Waals surface area contributed by atoms with Gasteiger partial charge in [0.1, 0.15) is 11.6 Å². The molecule has 0 bridgehead atoms. The minimum atomic E-state index is -2.78. The predicted octanol–water partition coefficient (Wildman–Crippen LogP) is 17.4. The number of hydrogen-bond donors (Lipinski definition) is 0. The number of para-hydroxylation sites is 1. The average molecular weight is 2250 g/mol. The second-order valence-electron chi connectivity index (χ2n) is 33.6. The fourth-order valence-corrected chi connectivity index (χ4v) is 27.3. The molecule has 18 heteroatoms. The molecule has 0 atom stereocenters. The molecule has 0 radical (unpaired) electrons. The summed E-state index contributed by atoms with van der Waals surface area (Å²) in [6.07, 6.45) is 35.6. The van der Waals surface area contributed by atoms with Gasteiger partial charge < -0.3 is 49.9 Å². The molecule has 0 unspecified atom stereocenters. The van der Waals surface area contributed by atoms with Crippen LogP contribution in [0.15, 0.2) is 358 Å². The number of aromatic nitrogens is 12. The van der Waals surface area contributed by atoms with Crippen LogP contribution in [-0.4, -0.2) is 61.3 Å². The third kappa shape index (κ3) is 20.1. The van der Waals surface area contributed by atoms with E-state index in [-0.39, 0.29) is 79.4 Å². The summed E-state index contributed by atoms with van der Waals surface area (Å²) in [5.74, 6) is 8.46. The molecule has 1 aliphatic heterocycles. The fraction of sp³-hybridized carbons (Fsp3) is 0.162. The Morgan fingerprint density at radius 3 is 1.09 bits per heavy atom. The minimum absolute atomic E-state index is 0. The normalized spacial score (nSPS) is 13.7. The molecule has 0 spiro atoms. The summed E-state index contributed by atoms with van der Waals surface area (Å²) in [7, 11) is -5.48. The molecular weight excluding hydrogens is 2160 g/mol. The molecule has 9 aromatic heterocycles. The minimum Gasteiger partial charge on any atom is -0.573 e. The summed E-state index contributed by atoms with van der Waals surface area (Å²) in [4.78, 5) is 32.4. The van der Waals surface area contributed by atoms with Gasteiger partial charge in [0.25, 0.3) is 0 Å². The molecule has 3 aliphatic carbocycles. The van der Waals surface area contributed by atoms with Crippen LogP contribution in [0, 0.1) is 37.0 Å². The van der Waals surface area contributed by atoms with Crippen molar-refractivity contribution in [2.24, 2.45) is 0 Å². The van der Waals surface area contributed by atoms with Crippen LogP contribution in [-0.2, 0) is 98.7 Å². The largest absolute Gasteiger partial charge is 2.00 e. The first-order valence-electron chi connectivity index (χ1n) is 43.0. The summed E-state index contributed by atoms with van der Waals surface area (Å²) in [6.45, 7) is 13.6. The van der Waals surface area contributed by atoms with Crippen molar-refractivity contribution in [3.63, 3.8) is 0 Å². The zero-order chi connectivity index (χ0) is 86.9. The quantitative estimate of drug-likeness (QED) is 0.0646. The number of nitrogens with zero attached hydrogens (tertiary/aromatic N) is 13. The molecule has 21 rings (SSSR count). The van der Waals surface area contributed by atoms with E-state index in [0.29, 0.717) is 0 Å². The molecule has 13 nitrogen and oxygen atoms in total. The number of fused-ring (bicyclic) bond motifs is 6. The molecule has 0 amide bonds. The smallest absolute Gasteiger partial charge is 0.573 e. The van der Waals surface area contributed by atoms with E-state index in [1.54, 1.807) is 6.20 Å². The molecule has 0 N–H and O–H groups in total. The molecular formula is C111H95N13Pt3Si2. The van der Waals surface area contributed by atoms with E-state index in [2.05, 4.69) is 272 Å². The molecule has 129 heavy (non-hydrogen) atoms. The third-order valence-corrected chi connectivity index (χ3v) is 33.3. The van der Waals surface area contributed by atoms with Gasteiger partial charge in [-0.25, -0.2) is 9.97 Å². The number of rotatable bonds is 12. The summed E-state index contributed by atoms with van der Waals surface area (Å²) in [5.41, 5.74) is 18.9. The third-order valence-electron chi connectivity index (χ3n) is 24.1. The van der Waals surface area contributed by atoms with Gasteiger partial charge in [-0.1, -0.05) is 277 Å². The van der Waals surface area contributed by atoms with Crippen molar-refractivity contribution in [2.45, 2.75) is 116 Å². The number of anilines is 3. The van der Waals surface area contributed by atoms with E-state index in [1.165, 1.54) is 48.6 Å². The zero-order valence-corrected chi connectivity index (χ0v) is 81.5. The van der Waals surface area contributed by atoms with Gasteiger partial charge in [-0.05, 0) is 191 Å². The van der Waals surface area contributed by atoms with Gasteiger partial charge >= 0.3 is 63.2 Å². The van der Waals surface area contributed by atoms with Crippen LogP contribution in [0.3, 0.4) is 0 Å². The standard InChI is InChI=1S/C31H27N4Si.C31H29N4Si.C25H24N5.3C8H5.3Pt/c1-31(2)19-10-13-23-29(34-35-30(23)31)24-14-9-18-28(33-24)36(27-17-7-8-20-32-27)25-15-5-3-11-21(25)22-12-4-6-16-26(22)36;1-31(2)21-12-17-25-29(34-35-30(25)31)26-18-11-20-28(33-26)36(23-13-5-3-6-14-23,24-15-7-4-8-16-24)27-19-9-10-22-32-27;1-25(2)16-9-12-19-23(28-29-24(19)25)20-13-8-15-22(27-20)30(18-10-4-3-5-11-18)21-14-6-7-17-26-21;3*1-2-8-6-4-3-5-7-8;;;/h3-9,11-12,14-18,20H,10,13,19H2,1-2H3;3-11,13-16,18-20,22H,12,17,21H2,1-2H3;3-8,10-11,13-15,17H,9,12,16H2,1-2H3;3*3-7H;;;/q6*-1;3*+2. The summed E-state index contributed by atoms with van der Waals surface area (Å²) in [6, 6.07) is 115. The van der Waals surface area contributed by atoms with Gasteiger partial charge in [0, 0.05) is 90.3 Å². The van der Waals surface area contributed by atoms with Gasteiger partial charge in [-0.3, -0.25) is 42.6 Å². The summed E-state index contributed by atoms with van der Waals surface area (Å²) in [5, 5.41) is 37.4. The SMILES string of the molecule is CC1(C)CCCc2c1n[n-]c2-c1cccc(N(c2ccccc2)c2ccccn2)n1.CC1(C)CCCc2c1n[n-]c2-c1cccc([Si](c2ccccc2)(c2ccccc2)c2ccccn2)n1.CC1(C)CCCc2c1n[n-]c2-c1cccc([Si]2(c3ccccn3)c3ccccc3-c3ccccc32)n1.[C-]#Cc1ccccc1.[C-]#Cc1ccccc1.[C-]#Cc1ccccc1.[Pt+2].[Pt+2].[Pt+2]. The van der Waals surface area contributed by atoms with Crippen molar-refractivity contribution in [3.05, 3.63) is 428 Å². The summed E-state index contributed by atoms with van der Waals surface area (Å²) >= 11 is 0. The Morgan fingerprint density at radius 1 is 0.326 bits per heavy atom. The van der Waals surface area contributed by atoms with Gasteiger partial charge in [0.15, 0.2) is 0 Å². The topological polar surface area (TPSA) is 162 Å². The fourth-order valence-electron chi connectivity index (χ4n) is 18.0. The molecule has 0 saturated carbocycles. The zero-order valence-electron chi connectivity index (χ0n) is 72.7. The van der Waals surface area contributed by atoms with Crippen LogP contribution in [0.1, 0.15) is 131 Å². The Balaban J connectivity index is 0.000000144. The summed E-state index contributed by atoms with van der Waals surface area (Å²) < 4.78 is 0. The first kappa shape index (κ1) is 93.9. The second-order valence-corrected chi connectivity index (χ2v) is 40.9. The molecule has 10 heterocycles. The van der Waals surface area contributed by atoms with Crippen LogP contribution in [0.4, 0.5) is 17.3 Å². The molecule has 0 fully saturated rings. The Bertz CT molecular complexity index is 6190. The van der Waals surface area contributed by atoms with E-state index in [0.717, 1.165) is 164 Å².